The van der Waals surface area contributed by atoms with Crippen LogP contribution in [0, 0.1) is 0 Å². The highest BCUT2D eigenvalue weighted by Gasteiger charge is 2.66. The number of ether oxygens (including phenoxy) is 6. The molecular weight excluding hydrogens is 1060 g/mol. The van der Waals surface area contributed by atoms with E-state index >= 15 is 9.59 Å². The average molecular weight is 1110 g/mol. The monoisotopic (exact) mass is 1110 g/mol. The van der Waals surface area contributed by atoms with Crippen molar-refractivity contribution in [1.29, 1.82) is 0 Å². The Balaban J connectivity index is 0.802. The molecule has 0 radical (unpaired) electrons. The SMILES string of the molecule is COC(=O)C1=C(C(=O)OC)[C@@]2(O[C@H]1c1ccc3ccc4cccc5ccc1c3c45)C(=O)N(Cc1cccc(CN3C(=O)[C@@]4(O[C@@H](c5ccc6ccc7cccc8ccc5c6c78)C(C(=O)OC)=C4C(=O)OC)c4ccccc43)c1)c1ccccc12. The van der Waals surface area contributed by atoms with Crippen LogP contribution in [0.15, 0.2) is 204 Å². The van der Waals surface area contributed by atoms with Crippen LogP contribution < -0.4 is 9.80 Å². The second-order valence-corrected chi connectivity index (χ2v) is 21.6. The summed E-state index contributed by atoms with van der Waals surface area (Å²) in [6.45, 7) is -0.0903. The van der Waals surface area contributed by atoms with Gasteiger partial charge in [-0.15, -0.1) is 0 Å². The number of esters is 4. The highest BCUT2D eigenvalue weighted by Crippen LogP contribution is 2.60. The number of carbonyl (C=O) groups is 6. The number of carbonyl (C=O) groups excluding carboxylic acids is 6. The third-order valence-electron chi connectivity index (χ3n) is 17.5. The maximum Gasteiger partial charge on any atom is 0.338 e. The molecule has 14 heteroatoms. The lowest BCUT2D eigenvalue weighted by Gasteiger charge is -2.28. The van der Waals surface area contributed by atoms with E-state index in [4.69, 9.17) is 28.4 Å². The number of rotatable bonds is 10. The molecule has 0 fully saturated rings. The lowest BCUT2D eigenvalue weighted by molar-refractivity contribution is -0.148. The molecule has 410 valence electrons. The van der Waals surface area contributed by atoms with Gasteiger partial charge < -0.3 is 38.2 Å². The second kappa shape index (κ2) is 18.6. The van der Waals surface area contributed by atoms with Gasteiger partial charge in [0.05, 0.1) is 75.2 Å². The largest absolute Gasteiger partial charge is 0.466 e. The summed E-state index contributed by atoms with van der Waals surface area (Å²) < 4.78 is 36.0. The number of benzene rings is 11. The van der Waals surface area contributed by atoms with E-state index in [-0.39, 0.29) is 35.4 Å². The molecular formula is C70H48N2O12. The lowest BCUT2D eigenvalue weighted by Crippen LogP contribution is -2.44. The molecule has 2 amide bonds. The summed E-state index contributed by atoms with van der Waals surface area (Å²) in [5.41, 5.74) is -1.31. The number of anilines is 2. The van der Waals surface area contributed by atoms with Crippen LogP contribution in [-0.2, 0) is 81.5 Å². The summed E-state index contributed by atoms with van der Waals surface area (Å²) >= 11 is 0. The molecule has 11 aromatic carbocycles. The minimum Gasteiger partial charge on any atom is -0.466 e. The Labute approximate surface area is 479 Å². The molecule has 0 bridgehead atoms. The van der Waals surface area contributed by atoms with Crippen molar-refractivity contribution in [3.05, 3.63) is 238 Å². The van der Waals surface area contributed by atoms with E-state index in [9.17, 15) is 19.2 Å². The van der Waals surface area contributed by atoms with Gasteiger partial charge >= 0.3 is 23.9 Å². The number of amides is 2. The maximum absolute atomic E-state index is 15.8. The lowest BCUT2D eigenvalue weighted by atomic mass is 9.84. The Bertz CT molecular complexity index is 4480. The topological polar surface area (TPSA) is 164 Å². The van der Waals surface area contributed by atoms with Crippen LogP contribution >= 0.6 is 0 Å². The number of para-hydroxylation sites is 2. The van der Waals surface area contributed by atoms with E-state index < -0.39 is 59.1 Å². The maximum atomic E-state index is 15.8. The van der Waals surface area contributed by atoms with Crippen LogP contribution in [0.5, 0.6) is 0 Å². The Morgan fingerprint density at radius 1 is 0.405 bits per heavy atom. The van der Waals surface area contributed by atoms with Crippen LogP contribution in [0.25, 0.3) is 64.6 Å². The molecule has 84 heavy (non-hydrogen) atoms. The first-order valence-corrected chi connectivity index (χ1v) is 27.4. The molecule has 0 unspecified atom stereocenters. The first-order chi connectivity index (χ1) is 40.9. The zero-order valence-electron chi connectivity index (χ0n) is 45.7. The van der Waals surface area contributed by atoms with E-state index in [0.717, 1.165) is 64.6 Å². The van der Waals surface area contributed by atoms with Gasteiger partial charge in [-0.1, -0.05) is 170 Å². The summed E-state index contributed by atoms with van der Waals surface area (Å²) in [5, 5.41) is 11.5. The van der Waals surface area contributed by atoms with E-state index in [0.29, 0.717) is 44.8 Å². The van der Waals surface area contributed by atoms with Crippen molar-refractivity contribution in [3.8, 4) is 0 Å². The molecule has 2 spiro atoms. The van der Waals surface area contributed by atoms with Crippen molar-refractivity contribution in [1.82, 2.24) is 0 Å². The summed E-state index contributed by atoms with van der Waals surface area (Å²) in [7, 11) is 4.82. The fourth-order valence-corrected chi connectivity index (χ4v) is 14.1. The highest BCUT2D eigenvalue weighted by atomic mass is 16.6. The molecule has 0 saturated carbocycles. The number of hydrogen-bond acceptors (Lipinski definition) is 12. The summed E-state index contributed by atoms with van der Waals surface area (Å²) in [6, 6.07) is 57.3. The van der Waals surface area contributed by atoms with Crippen LogP contribution in [0.3, 0.4) is 0 Å². The molecule has 0 aromatic heterocycles. The summed E-state index contributed by atoms with van der Waals surface area (Å²) in [4.78, 5) is 92.4. The molecule has 0 saturated heterocycles. The molecule has 4 heterocycles. The molecule has 15 rings (SSSR count). The predicted octanol–water partition coefficient (Wildman–Crippen LogP) is 11.8. The standard InChI is InChI=1S/C70H48N2O12/c1-79-63(73)57-59(65(75)81-3)69(83-61(57)47-32-28-43-24-22-39-14-10-16-41-26-30-45(47)55(43)53(39)41)49-18-5-7-20-51(49)71(67(69)77)35-37-12-9-13-38(34-37)36-72-52-21-8-6-19-50(52)70(68(72)78)60(66(76)82-4)58(64(74)80-2)62(84-70)48-33-29-44-25-23-40-15-11-17-42-27-31-46(48)56(44)54(40)42/h5-34,61-62H,35-36H2,1-4H3/t61-,62-,69+,70+/m0/s1. The minimum atomic E-state index is -2.16. The number of fused-ring (bicyclic) bond motifs is 4. The van der Waals surface area contributed by atoms with Gasteiger partial charge in [0.25, 0.3) is 11.8 Å². The Hall–Kier alpha value is -10.3. The first-order valence-electron chi connectivity index (χ1n) is 27.4. The quantitative estimate of drug-likeness (QED) is 0.0724. The van der Waals surface area contributed by atoms with Crippen molar-refractivity contribution >= 4 is 112 Å². The van der Waals surface area contributed by atoms with Crippen molar-refractivity contribution in [3.63, 3.8) is 0 Å². The molecule has 11 aromatic rings. The molecule has 0 aliphatic carbocycles. The van der Waals surface area contributed by atoms with Gasteiger partial charge in [-0.05, 0) is 99.0 Å². The third kappa shape index (κ3) is 6.80. The fourth-order valence-electron chi connectivity index (χ4n) is 14.1. The summed E-state index contributed by atoms with van der Waals surface area (Å²) in [5.74, 6) is -4.87. The number of nitrogens with zero attached hydrogens (tertiary/aromatic N) is 2. The minimum absolute atomic E-state index is 0.0451. The number of hydrogen-bond donors (Lipinski definition) is 0. The third-order valence-corrected chi connectivity index (χ3v) is 17.5. The van der Waals surface area contributed by atoms with E-state index in [1.165, 1.54) is 38.2 Å². The molecule has 4 atom stereocenters. The Morgan fingerprint density at radius 3 is 1.14 bits per heavy atom. The van der Waals surface area contributed by atoms with Crippen molar-refractivity contribution in [2.45, 2.75) is 36.5 Å². The number of methoxy groups -OCH3 is 4. The summed E-state index contributed by atoms with van der Waals surface area (Å²) in [6.07, 6.45) is -2.53. The highest BCUT2D eigenvalue weighted by molar-refractivity contribution is 6.26. The Morgan fingerprint density at radius 2 is 0.750 bits per heavy atom. The van der Waals surface area contributed by atoms with Gasteiger partial charge in [-0.3, -0.25) is 9.59 Å². The fraction of sp³-hybridized carbons (Fsp3) is 0.143. The van der Waals surface area contributed by atoms with Crippen molar-refractivity contribution in [2.75, 3.05) is 38.2 Å². The smallest absolute Gasteiger partial charge is 0.338 e. The van der Waals surface area contributed by atoms with Crippen molar-refractivity contribution < 1.29 is 57.2 Å². The zero-order valence-corrected chi connectivity index (χ0v) is 45.7. The molecule has 14 nitrogen and oxygen atoms in total. The van der Waals surface area contributed by atoms with Gasteiger partial charge in [0.1, 0.15) is 12.2 Å². The van der Waals surface area contributed by atoms with Gasteiger partial charge in [0.2, 0.25) is 11.2 Å². The normalized spacial score (nSPS) is 20.1. The van der Waals surface area contributed by atoms with Gasteiger partial charge in [-0.2, -0.15) is 0 Å². The van der Waals surface area contributed by atoms with Crippen LogP contribution in [0.1, 0.15) is 45.6 Å². The molecule has 0 N–H and O–H groups in total. The van der Waals surface area contributed by atoms with Crippen LogP contribution in [0.2, 0.25) is 0 Å². The van der Waals surface area contributed by atoms with E-state index in [1.54, 1.807) is 48.5 Å². The average Bonchev–Trinajstić information content (AvgIpc) is 1.73. The molecule has 4 aliphatic heterocycles. The van der Waals surface area contributed by atoms with Gasteiger partial charge in [0, 0.05) is 11.1 Å². The zero-order chi connectivity index (χ0) is 57.5. The first kappa shape index (κ1) is 50.7. The second-order valence-electron chi connectivity index (χ2n) is 21.6. The Kier molecular flexibility index (Phi) is 11.2. The van der Waals surface area contributed by atoms with Gasteiger partial charge in [0.15, 0.2) is 0 Å². The van der Waals surface area contributed by atoms with E-state index in [2.05, 4.69) is 12.1 Å². The van der Waals surface area contributed by atoms with Gasteiger partial charge in [-0.25, -0.2) is 19.2 Å². The van der Waals surface area contributed by atoms with Crippen LogP contribution in [-0.4, -0.2) is 64.1 Å². The predicted molar refractivity (Wildman–Crippen MR) is 315 cm³/mol. The van der Waals surface area contributed by atoms with Crippen LogP contribution in [0.4, 0.5) is 11.4 Å². The molecule has 4 aliphatic rings. The van der Waals surface area contributed by atoms with Crippen molar-refractivity contribution in [2.24, 2.45) is 0 Å². The van der Waals surface area contributed by atoms with E-state index in [1.807, 2.05) is 121 Å².